The molecular formula is C13H23N3O2S. The number of hydrogen-bond donors (Lipinski definition) is 2. The maximum Gasteiger partial charge on any atom is 0.232 e. The van der Waals surface area contributed by atoms with Crippen molar-refractivity contribution in [1.29, 1.82) is 0 Å². The first-order chi connectivity index (χ1) is 9.01. The molecule has 1 aliphatic rings. The summed E-state index contributed by atoms with van der Waals surface area (Å²) in [6.07, 6.45) is 3.21. The summed E-state index contributed by atoms with van der Waals surface area (Å²) in [6, 6.07) is 0. The number of carbonyl (C=O) groups excluding carboxylic acids is 2. The number of nitrogens with zero attached hydrogens (tertiary/aromatic N) is 1. The normalized spacial score (nSPS) is 20.7. The van der Waals surface area contributed by atoms with Gasteiger partial charge in [-0.25, -0.2) is 0 Å². The molecule has 1 saturated heterocycles. The number of nitrogens with one attached hydrogen (secondary N) is 1. The number of thiocarbonyl (C=S) groups is 1. The van der Waals surface area contributed by atoms with Crippen LogP contribution in [0.3, 0.4) is 0 Å². The van der Waals surface area contributed by atoms with E-state index in [9.17, 15) is 9.59 Å². The quantitative estimate of drug-likeness (QED) is 0.728. The molecule has 1 rings (SSSR count). The van der Waals surface area contributed by atoms with Gasteiger partial charge in [0.1, 0.15) is 0 Å². The Morgan fingerprint density at radius 2 is 2.21 bits per heavy atom. The van der Waals surface area contributed by atoms with Crippen LogP contribution in [0.2, 0.25) is 0 Å². The van der Waals surface area contributed by atoms with Crippen LogP contribution in [0.15, 0.2) is 0 Å². The summed E-state index contributed by atoms with van der Waals surface area (Å²) in [5, 5.41) is 2.64. The fraction of sp³-hybridized carbons (Fsp3) is 0.769. The van der Waals surface area contributed by atoms with Gasteiger partial charge in [-0.3, -0.25) is 9.59 Å². The van der Waals surface area contributed by atoms with Gasteiger partial charge in [0.15, 0.2) is 0 Å². The highest BCUT2D eigenvalue weighted by atomic mass is 32.1. The number of likely N-dealkylation sites (tertiary alicyclic amines) is 1. The van der Waals surface area contributed by atoms with Gasteiger partial charge >= 0.3 is 0 Å². The largest absolute Gasteiger partial charge is 0.393 e. The summed E-state index contributed by atoms with van der Waals surface area (Å²) >= 11 is 4.98. The number of rotatable bonds is 5. The molecule has 1 fully saturated rings. The molecule has 0 aromatic carbocycles. The summed E-state index contributed by atoms with van der Waals surface area (Å²) in [5.41, 5.74) is 5.66. The summed E-state index contributed by atoms with van der Waals surface area (Å²) in [6.45, 7) is 3.17. The predicted octanol–water partition coefficient (Wildman–Crippen LogP) is 0.673. The van der Waals surface area contributed by atoms with Gasteiger partial charge in [-0.15, -0.1) is 0 Å². The van der Waals surface area contributed by atoms with Gasteiger partial charge in [-0.05, 0) is 19.3 Å². The van der Waals surface area contributed by atoms with Gasteiger partial charge in [0.05, 0.1) is 16.8 Å². The SMILES string of the molecule is CCCC(C(=O)N1CCCC(C(=O)NC)C1)C(N)=S. The minimum Gasteiger partial charge on any atom is -0.393 e. The smallest absolute Gasteiger partial charge is 0.232 e. The monoisotopic (exact) mass is 285 g/mol. The standard InChI is InChI=1S/C13H23N3O2S/c1-3-5-10(11(14)19)13(18)16-7-4-6-9(8-16)12(17)15-2/h9-10H,3-8H2,1-2H3,(H2,14,19)(H,15,17). The lowest BCUT2D eigenvalue weighted by Gasteiger charge is -2.34. The van der Waals surface area contributed by atoms with E-state index in [0.29, 0.717) is 19.5 Å². The minimum absolute atomic E-state index is 0.000124. The lowest BCUT2D eigenvalue weighted by molar-refractivity contribution is -0.137. The second kappa shape index (κ2) is 7.43. The molecule has 6 heteroatoms. The maximum atomic E-state index is 12.4. The second-order valence-electron chi connectivity index (χ2n) is 4.98. The van der Waals surface area contributed by atoms with E-state index in [1.165, 1.54) is 0 Å². The van der Waals surface area contributed by atoms with E-state index >= 15 is 0 Å². The fourth-order valence-corrected chi connectivity index (χ4v) is 2.71. The van der Waals surface area contributed by atoms with Crippen molar-refractivity contribution >= 4 is 29.0 Å². The van der Waals surface area contributed by atoms with E-state index in [0.717, 1.165) is 19.3 Å². The van der Waals surface area contributed by atoms with Gasteiger partial charge in [0.25, 0.3) is 0 Å². The summed E-state index contributed by atoms with van der Waals surface area (Å²) < 4.78 is 0. The first-order valence-electron chi connectivity index (χ1n) is 6.80. The lowest BCUT2D eigenvalue weighted by atomic mass is 9.94. The molecule has 0 radical (unpaired) electrons. The Morgan fingerprint density at radius 1 is 1.53 bits per heavy atom. The van der Waals surface area contributed by atoms with Crippen LogP contribution < -0.4 is 11.1 Å². The van der Waals surface area contributed by atoms with Crippen LogP contribution in [-0.4, -0.2) is 41.8 Å². The molecule has 2 unspecified atom stereocenters. The van der Waals surface area contributed by atoms with E-state index in [1.54, 1.807) is 11.9 Å². The third-order valence-electron chi connectivity index (χ3n) is 3.57. The van der Waals surface area contributed by atoms with Crippen LogP contribution in [0, 0.1) is 11.8 Å². The summed E-state index contributed by atoms with van der Waals surface area (Å²) in [5.74, 6) is -0.525. The van der Waals surface area contributed by atoms with Gasteiger partial charge in [0, 0.05) is 20.1 Å². The third kappa shape index (κ3) is 4.16. The maximum absolute atomic E-state index is 12.4. The van der Waals surface area contributed by atoms with Crippen molar-refractivity contribution in [3.8, 4) is 0 Å². The van der Waals surface area contributed by atoms with Gasteiger partial charge in [0.2, 0.25) is 11.8 Å². The first kappa shape index (κ1) is 15.9. The molecule has 0 aromatic rings. The number of nitrogens with two attached hydrogens (primary N) is 1. The van der Waals surface area contributed by atoms with Crippen LogP contribution in [0.1, 0.15) is 32.6 Å². The highest BCUT2D eigenvalue weighted by Gasteiger charge is 2.32. The van der Waals surface area contributed by atoms with Gasteiger partial charge in [-0.2, -0.15) is 0 Å². The van der Waals surface area contributed by atoms with Gasteiger partial charge < -0.3 is 16.0 Å². The molecule has 2 atom stereocenters. The van der Waals surface area contributed by atoms with Gasteiger partial charge in [-0.1, -0.05) is 25.6 Å². The van der Waals surface area contributed by atoms with Crippen LogP contribution in [0.5, 0.6) is 0 Å². The zero-order chi connectivity index (χ0) is 14.4. The summed E-state index contributed by atoms with van der Waals surface area (Å²) in [4.78, 5) is 26.1. The molecule has 0 aromatic heterocycles. The molecule has 108 valence electrons. The Morgan fingerprint density at radius 3 is 2.74 bits per heavy atom. The second-order valence-corrected chi connectivity index (χ2v) is 5.45. The lowest BCUT2D eigenvalue weighted by Crippen LogP contribution is -2.48. The molecule has 5 nitrogen and oxygen atoms in total. The van der Waals surface area contributed by atoms with Crippen molar-refractivity contribution in [2.45, 2.75) is 32.6 Å². The Kier molecular flexibility index (Phi) is 6.21. The molecule has 1 aliphatic heterocycles. The Hall–Kier alpha value is -1.17. The highest BCUT2D eigenvalue weighted by molar-refractivity contribution is 7.80. The zero-order valence-corrected chi connectivity index (χ0v) is 12.5. The van der Waals surface area contributed by atoms with E-state index in [4.69, 9.17) is 18.0 Å². The fourth-order valence-electron chi connectivity index (χ4n) is 2.49. The molecule has 0 bridgehead atoms. The van der Waals surface area contributed by atoms with E-state index in [-0.39, 0.29) is 28.6 Å². The van der Waals surface area contributed by atoms with E-state index in [1.807, 2.05) is 6.92 Å². The Labute approximate surface area is 119 Å². The molecule has 0 aliphatic carbocycles. The van der Waals surface area contributed by atoms with Crippen molar-refractivity contribution in [2.24, 2.45) is 17.6 Å². The van der Waals surface area contributed by atoms with Crippen LogP contribution in [0.4, 0.5) is 0 Å². The van der Waals surface area contributed by atoms with Crippen molar-refractivity contribution in [3.05, 3.63) is 0 Å². The van der Waals surface area contributed by atoms with Crippen molar-refractivity contribution in [2.75, 3.05) is 20.1 Å². The number of amides is 2. The molecule has 1 heterocycles. The van der Waals surface area contributed by atoms with Crippen molar-refractivity contribution < 1.29 is 9.59 Å². The molecule has 0 spiro atoms. The van der Waals surface area contributed by atoms with Crippen LogP contribution >= 0.6 is 12.2 Å². The topological polar surface area (TPSA) is 75.4 Å². The Balaban J connectivity index is 2.70. The molecule has 19 heavy (non-hydrogen) atoms. The number of hydrogen-bond acceptors (Lipinski definition) is 3. The van der Waals surface area contributed by atoms with E-state index < -0.39 is 0 Å². The summed E-state index contributed by atoms with van der Waals surface area (Å²) in [7, 11) is 1.62. The third-order valence-corrected chi connectivity index (χ3v) is 3.85. The molecule has 2 amide bonds. The van der Waals surface area contributed by atoms with Crippen LogP contribution in [-0.2, 0) is 9.59 Å². The zero-order valence-electron chi connectivity index (χ0n) is 11.6. The Bertz CT molecular complexity index is 360. The minimum atomic E-state index is -0.386. The number of carbonyl (C=O) groups is 2. The first-order valence-corrected chi connectivity index (χ1v) is 7.21. The predicted molar refractivity (Wildman–Crippen MR) is 78.6 cm³/mol. The van der Waals surface area contributed by atoms with Crippen molar-refractivity contribution in [1.82, 2.24) is 10.2 Å². The molecular weight excluding hydrogens is 262 g/mol. The van der Waals surface area contributed by atoms with Crippen LogP contribution in [0.25, 0.3) is 0 Å². The molecule has 3 N–H and O–H groups in total. The van der Waals surface area contributed by atoms with Crippen molar-refractivity contribution in [3.63, 3.8) is 0 Å². The number of piperidine rings is 1. The van der Waals surface area contributed by atoms with E-state index in [2.05, 4.69) is 5.32 Å². The molecule has 0 saturated carbocycles. The average Bonchev–Trinajstić information content (AvgIpc) is 2.43. The average molecular weight is 285 g/mol. The highest BCUT2D eigenvalue weighted by Crippen LogP contribution is 2.20.